The fraction of sp³-hybridized carbons (Fsp3) is 0.481. The van der Waals surface area contributed by atoms with Crippen LogP contribution in [0.5, 0.6) is 0 Å². The summed E-state index contributed by atoms with van der Waals surface area (Å²) in [7, 11) is 0. The van der Waals surface area contributed by atoms with E-state index in [-0.39, 0.29) is 24.3 Å². The molecule has 0 aromatic heterocycles. The molecule has 1 saturated heterocycles. The highest BCUT2D eigenvalue weighted by atomic mass is 16.5. The molecule has 6 heteroatoms. The normalized spacial score (nSPS) is 24.6. The molecule has 33 heavy (non-hydrogen) atoms. The third-order valence-electron chi connectivity index (χ3n) is 7.51. The van der Waals surface area contributed by atoms with E-state index in [9.17, 15) is 9.59 Å². The van der Waals surface area contributed by atoms with Crippen molar-refractivity contribution in [3.63, 3.8) is 0 Å². The monoisotopic (exact) mass is 447 g/mol. The molecule has 1 aliphatic carbocycles. The van der Waals surface area contributed by atoms with Crippen molar-refractivity contribution >= 4 is 17.5 Å². The first kappa shape index (κ1) is 22.1. The fourth-order valence-corrected chi connectivity index (χ4v) is 5.38. The highest BCUT2D eigenvalue weighted by molar-refractivity contribution is 6.07. The summed E-state index contributed by atoms with van der Waals surface area (Å²) in [6, 6.07) is 18.6. The summed E-state index contributed by atoms with van der Waals surface area (Å²) >= 11 is 0. The third kappa shape index (κ3) is 4.18. The summed E-state index contributed by atoms with van der Waals surface area (Å²) in [6.07, 6.45) is 0.787. The Balaban J connectivity index is 1.29. The van der Waals surface area contributed by atoms with Crippen LogP contribution in [-0.4, -0.2) is 67.0 Å². The van der Waals surface area contributed by atoms with Gasteiger partial charge < -0.3 is 14.5 Å². The predicted molar refractivity (Wildman–Crippen MR) is 128 cm³/mol. The molecule has 2 amide bonds. The molecule has 0 N–H and O–H groups in total. The molecule has 5 rings (SSSR count). The van der Waals surface area contributed by atoms with Crippen LogP contribution in [0, 0.1) is 5.41 Å². The van der Waals surface area contributed by atoms with Crippen molar-refractivity contribution in [2.45, 2.75) is 38.8 Å². The van der Waals surface area contributed by atoms with E-state index in [4.69, 9.17) is 4.74 Å². The lowest BCUT2D eigenvalue weighted by Gasteiger charge is -2.39. The summed E-state index contributed by atoms with van der Waals surface area (Å²) in [5, 5.41) is 0. The van der Waals surface area contributed by atoms with Gasteiger partial charge in [0, 0.05) is 43.8 Å². The van der Waals surface area contributed by atoms with Gasteiger partial charge in [-0.25, -0.2) is 0 Å². The molecule has 0 unspecified atom stereocenters. The summed E-state index contributed by atoms with van der Waals surface area (Å²) in [4.78, 5) is 32.9. The second-order valence-electron chi connectivity index (χ2n) is 9.85. The topological polar surface area (TPSA) is 53.1 Å². The molecule has 2 aliphatic heterocycles. The quantitative estimate of drug-likeness (QED) is 0.654. The Kier molecular flexibility index (Phi) is 5.97. The molecule has 2 aromatic rings. The van der Waals surface area contributed by atoms with E-state index < -0.39 is 5.41 Å². The largest absolute Gasteiger partial charge is 0.376 e. The van der Waals surface area contributed by atoms with Crippen molar-refractivity contribution in [3.05, 3.63) is 65.7 Å². The van der Waals surface area contributed by atoms with Crippen LogP contribution in [-0.2, 0) is 20.9 Å². The van der Waals surface area contributed by atoms with Gasteiger partial charge in [0.15, 0.2) is 0 Å². The maximum atomic E-state index is 13.7. The van der Waals surface area contributed by atoms with Gasteiger partial charge in [0.2, 0.25) is 11.8 Å². The number of benzene rings is 2. The maximum Gasteiger partial charge on any atom is 0.242 e. The lowest BCUT2D eigenvalue weighted by Crippen LogP contribution is -2.54. The summed E-state index contributed by atoms with van der Waals surface area (Å²) in [5.41, 5.74) is 2.61. The van der Waals surface area contributed by atoms with Gasteiger partial charge in [-0.2, -0.15) is 0 Å². The van der Waals surface area contributed by atoms with Crippen molar-refractivity contribution < 1.29 is 14.3 Å². The number of para-hydroxylation sites is 1. The molecule has 2 aromatic carbocycles. The minimum atomic E-state index is -0.542. The van der Waals surface area contributed by atoms with Crippen LogP contribution in [0.3, 0.4) is 0 Å². The Morgan fingerprint density at radius 2 is 1.73 bits per heavy atom. The number of amides is 2. The molecular weight excluding hydrogens is 414 g/mol. The van der Waals surface area contributed by atoms with Gasteiger partial charge in [0.25, 0.3) is 0 Å². The van der Waals surface area contributed by atoms with E-state index in [1.165, 1.54) is 0 Å². The molecule has 174 valence electrons. The average Bonchev–Trinajstić information content (AvgIpc) is 3.58. The zero-order valence-electron chi connectivity index (χ0n) is 19.6. The number of carbonyl (C=O) groups excluding carboxylic acids is 2. The number of nitrogens with zero attached hydrogens (tertiary/aromatic N) is 3. The van der Waals surface area contributed by atoms with Gasteiger partial charge in [-0.1, -0.05) is 48.5 Å². The van der Waals surface area contributed by atoms with Gasteiger partial charge >= 0.3 is 0 Å². The number of fused-ring (bicyclic) bond motifs is 3. The van der Waals surface area contributed by atoms with Crippen molar-refractivity contribution in [2.24, 2.45) is 5.41 Å². The number of carbonyl (C=O) groups is 2. The minimum absolute atomic E-state index is 0.0287. The number of rotatable bonds is 7. The second-order valence-corrected chi connectivity index (χ2v) is 9.85. The molecule has 2 atom stereocenters. The molecule has 2 fully saturated rings. The van der Waals surface area contributed by atoms with E-state index in [1.807, 2.05) is 53.4 Å². The lowest BCUT2D eigenvalue weighted by atomic mass is 9.92. The Bertz CT molecular complexity index is 1020. The first-order valence-corrected chi connectivity index (χ1v) is 12.0. The zero-order chi connectivity index (χ0) is 23.0. The number of hydrogen-bond acceptors (Lipinski definition) is 4. The molecule has 0 bridgehead atoms. The van der Waals surface area contributed by atoms with Gasteiger partial charge in [-0.05, 0) is 37.5 Å². The van der Waals surface area contributed by atoms with Crippen LogP contribution >= 0.6 is 0 Å². The number of anilines is 1. The third-order valence-corrected chi connectivity index (χ3v) is 7.51. The van der Waals surface area contributed by atoms with Gasteiger partial charge in [-0.3, -0.25) is 14.5 Å². The molecule has 6 nitrogen and oxygen atoms in total. The predicted octanol–water partition coefficient (Wildman–Crippen LogP) is 3.28. The summed E-state index contributed by atoms with van der Waals surface area (Å²) in [5.74, 6) is 0.243. The first-order valence-electron chi connectivity index (χ1n) is 12.0. The Labute approximate surface area is 196 Å². The average molecular weight is 448 g/mol. The van der Waals surface area contributed by atoms with E-state index in [0.29, 0.717) is 32.3 Å². The van der Waals surface area contributed by atoms with Crippen LogP contribution in [0.4, 0.5) is 5.69 Å². The van der Waals surface area contributed by atoms with E-state index >= 15 is 0 Å². The van der Waals surface area contributed by atoms with Crippen LogP contribution in [0.1, 0.15) is 37.3 Å². The summed E-state index contributed by atoms with van der Waals surface area (Å²) < 4.78 is 6.04. The number of ether oxygens (including phenoxy) is 1. The Hall–Kier alpha value is -2.70. The van der Waals surface area contributed by atoms with Crippen LogP contribution in [0.2, 0.25) is 0 Å². The highest BCUT2D eigenvalue weighted by Gasteiger charge is 2.65. The number of hydrogen-bond donors (Lipinski definition) is 0. The van der Waals surface area contributed by atoms with Crippen LogP contribution in [0.15, 0.2) is 54.6 Å². The Morgan fingerprint density at radius 3 is 2.45 bits per heavy atom. The second kappa shape index (κ2) is 8.92. The molecule has 2 heterocycles. The zero-order valence-corrected chi connectivity index (χ0v) is 19.6. The smallest absolute Gasteiger partial charge is 0.242 e. The minimum Gasteiger partial charge on any atom is -0.376 e. The van der Waals surface area contributed by atoms with Gasteiger partial charge in [-0.15, -0.1) is 0 Å². The van der Waals surface area contributed by atoms with E-state index in [1.54, 1.807) is 4.90 Å². The van der Waals surface area contributed by atoms with Crippen LogP contribution in [0.25, 0.3) is 0 Å². The standard InChI is InChI=1S/C27H33N3O3/c1-20(2)28-12-14-29(15-13-28)25(31)17-30-24-11-7-6-10-22(24)23-16-27(23,26(30)32)19-33-18-21-8-4-3-5-9-21/h3-11,20,23H,12-19H2,1-2H3/t23-,27+/m0/s1. The van der Waals surface area contributed by atoms with Crippen molar-refractivity contribution in [2.75, 3.05) is 44.2 Å². The van der Waals surface area contributed by atoms with Crippen molar-refractivity contribution in [3.8, 4) is 0 Å². The van der Waals surface area contributed by atoms with Crippen LogP contribution < -0.4 is 4.90 Å². The number of piperazine rings is 1. The first-order chi connectivity index (χ1) is 16.0. The Morgan fingerprint density at radius 1 is 1.03 bits per heavy atom. The fourth-order valence-electron chi connectivity index (χ4n) is 5.38. The van der Waals surface area contributed by atoms with Gasteiger partial charge in [0.1, 0.15) is 6.54 Å². The molecule has 0 spiro atoms. The summed E-state index contributed by atoms with van der Waals surface area (Å²) in [6.45, 7) is 8.55. The van der Waals surface area contributed by atoms with E-state index in [2.05, 4.69) is 24.8 Å². The highest BCUT2D eigenvalue weighted by Crippen LogP contribution is 2.65. The molecule has 3 aliphatic rings. The SMILES string of the molecule is CC(C)N1CCN(C(=O)CN2C(=O)[C@@]3(COCc4ccccc4)C[C@H]3c3ccccc32)CC1. The maximum absolute atomic E-state index is 13.7. The molecule has 1 saturated carbocycles. The molecule has 0 radical (unpaired) electrons. The van der Waals surface area contributed by atoms with Crippen molar-refractivity contribution in [1.29, 1.82) is 0 Å². The lowest BCUT2D eigenvalue weighted by molar-refractivity contribution is -0.134. The van der Waals surface area contributed by atoms with Gasteiger partial charge in [0.05, 0.1) is 18.6 Å². The van der Waals surface area contributed by atoms with E-state index in [0.717, 1.165) is 36.3 Å². The molecular formula is C27H33N3O3. The van der Waals surface area contributed by atoms with Crippen molar-refractivity contribution in [1.82, 2.24) is 9.80 Å².